The Morgan fingerprint density at radius 3 is 2.76 bits per heavy atom. The molecule has 0 saturated carbocycles. The monoisotopic (exact) mass is 427 g/mol. The number of rotatable bonds is 2. The highest BCUT2D eigenvalue weighted by Gasteiger charge is 2.40. The first-order valence-corrected chi connectivity index (χ1v) is 8.21. The molecule has 0 spiro atoms. The number of hydrogen-bond acceptors (Lipinski definition) is 4. The molecule has 8 heteroatoms. The summed E-state index contributed by atoms with van der Waals surface area (Å²) in [5, 5.41) is 3.19. The molecule has 2 heterocycles. The lowest BCUT2D eigenvalue weighted by atomic mass is 10.2. The van der Waals surface area contributed by atoms with Gasteiger partial charge in [0.25, 0.3) is 0 Å². The highest BCUT2D eigenvalue weighted by molar-refractivity contribution is 14.0. The minimum atomic E-state index is -3.04. The number of halogens is 1. The summed E-state index contributed by atoms with van der Waals surface area (Å²) < 4.78 is 28.5. The Balaban J connectivity index is 0.00000220. The zero-order chi connectivity index (χ0) is 14.8. The summed E-state index contributed by atoms with van der Waals surface area (Å²) in [6, 6.07) is 3.71. The zero-order valence-electron chi connectivity index (χ0n) is 12.5. The molecule has 0 aromatic carbocycles. The molecule has 0 unspecified atom stereocenters. The lowest BCUT2D eigenvalue weighted by molar-refractivity contribution is 0.351. The second-order valence-electron chi connectivity index (χ2n) is 5.48. The van der Waals surface area contributed by atoms with Crippen LogP contribution in [-0.4, -0.2) is 49.9 Å². The van der Waals surface area contributed by atoms with Crippen molar-refractivity contribution < 1.29 is 12.8 Å². The van der Waals surface area contributed by atoms with Crippen molar-refractivity contribution in [3.8, 4) is 0 Å². The normalized spacial score (nSPS) is 20.7. The average Bonchev–Trinajstić information content (AvgIpc) is 2.87. The number of sulfone groups is 1. The van der Waals surface area contributed by atoms with Gasteiger partial charge in [-0.2, -0.15) is 0 Å². The van der Waals surface area contributed by atoms with Gasteiger partial charge in [0.05, 0.1) is 23.3 Å². The van der Waals surface area contributed by atoms with Crippen molar-refractivity contribution >= 4 is 39.8 Å². The summed E-state index contributed by atoms with van der Waals surface area (Å²) in [6.07, 6.45) is 1.62. The fourth-order valence-corrected chi connectivity index (χ4v) is 3.60. The van der Waals surface area contributed by atoms with Crippen LogP contribution in [0, 0.1) is 0 Å². The molecule has 1 aliphatic rings. The molecule has 0 bridgehead atoms. The lowest BCUT2D eigenvalue weighted by Crippen LogP contribution is -2.57. The third kappa shape index (κ3) is 4.12. The van der Waals surface area contributed by atoms with Crippen LogP contribution in [0.15, 0.2) is 27.8 Å². The lowest BCUT2D eigenvalue weighted by Gasteiger charge is -2.39. The fourth-order valence-electron chi connectivity index (χ4n) is 2.24. The summed E-state index contributed by atoms with van der Waals surface area (Å²) in [5.41, 5.74) is 0. The van der Waals surface area contributed by atoms with Crippen molar-refractivity contribution in [1.29, 1.82) is 0 Å². The average molecular weight is 427 g/mol. The zero-order valence-corrected chi connectivity index (χ0v) is 15.6. The molecule has 1 N–H and O–H groups in total. The molecule has 1 saturated heterocycles. The van der Waals surface area contributed by atoms with Crippen LogP contribution < -0.4 is 5.32 Å². The van der Waals surface area contributed by atoms with Crippen LogP contribution in [0.3, 0.4) is 0 Å². The number of hydrogen-bond donors (Lipinski definition) is 1. The molecule has 0 aliphatic carbocycles. The molecule has 6 nitrogen and oxygen atoms in total. The largest absolute Gasteiger partial charge is 0.467 e. The molecule has 1 aliphatic heterocycles. The molecular formula is C13H22IN3O3S. The van der Waals surface area contributed by atoms with Gasteiger partial charge >= 0.3 is 0 Å². The molecule has 21 heavy (non-hydrogen) atoms. The number of guanidine groups is 1. The van der Waals surface area contributed by atoms with Crippen molar-refractivity contribution in [1.82, 2.24) is 10.2 Å². The number of nitrogens with one attached hydrogen (secondary N) is 1. The van der Waals surface area contributed by atoms with E-state index in [1.54, 1.807) is 27.2 Å². The van der Waals surface area contributed by atoms with Gasteiger partial charge in [0.2, 0.25) is 0 Å². The first-order valence-electron chi connectivity index (χ1n) is 6.56. The van der Waals surface area contributed by atoms with Gasteiger partial charge in [-0.3, -0.25) is 4.99 Å². The van der Waals surface area contributed by atoms with Gasteiger partial charge in [-0.05, 0) is 26.0 Å². The van der Waals surface area contributed by atoms with E-state index < -0.39 is 14.6 Å². The molecule has 2 rings (SSSR count). The van der Waals surface area contributed by atoms with Crippen LogP contribution in [0.5, 0.6) is 0 Å². The van der Waals surface area contributed by atoms with E-state index in [1.807, 2.05) is 17.0 Å². The minimum Gasteiger partial charge on any atom is -0.467 e. The van der Waals surface area contributed by atoms with Crippen molar-refractivity contribution in [2.24, 2.45) is 4.99 Å². The molecular weight excluding hydrogens is 405 g/mol. The maximum Gasteiger partial charge on any atom is 0.194 e. The van der Waals surface area contributed by atoms with Crippen molar-refractivity contribution in [2.75, 3.05) is 25.9 Å². The van der Waals surface area contributed by atoms with Crippen LogP contribution in [0.4, 0.5) is 0 Å². The predicted octanol–water partition coefficient (Wildman–Crippen LogP) is 1.48. The Bertz CT molecular complexity index is 582. The molecule has 1 aromatic rings. The Morgan fingerprint density at radius 2 is 2.24 bits per heavy atom. The van der Waals surface area contributed by atoms with Crippen LogP contribution in [-0.2, 0) is 16.4 Å². The van der Waals surface area contributed by atoms with E-state index in [9.17, 15) is 8.42 Å². The van der Waals surface area contributed by atoms with Crippen molar-refractivity contribution in [3.63, 3.8) is 0 Å². The maximum atomic E-state index is 12.0. The first kappa shape index (κ1) is 18.3. The molecule has 1 aromatic heterocycles. The smallest absolute Gasteiger partial charge is 0.194 e. The van der Waals surface area contributed by atoms with Crippen molar-refractivity contribution in [2.45, 2.75) is 25.1 Å². The number of furan rings is 1. The van der Waals surface area contributed by atoms with Crippen LogP contribution in [0.2, 0.25) is 0 Å². The van der Waals surface area contributed by atoms with Gasteiger partial charge in [0.15, 0.2) is 15.8 Å². The predicted molar refractivity (Wildman–Crippen MR) is 93.8 cm³/mol. The van der Waals surface area contributed by atoms with Gasteiger partial charge in [-0.15, -0.1) is 24.0 Å². The SMILES string of the molecule is CN=C(NCc1ccco1)N1CCS(=O)(=O)C(C)(C)C1.I. The highest BCUT2D eigenvalue weighted by atomic mass is 127. The Hall–Kier alpha value is -0.770. The molecule has 0 radical (unpaired) electrons. The molecule has 120 valence electrons. The van der Waals surface area contributed by atoms with Gasteiger partial charge in [0, 0.05) is 20.1 Å². The maximum absolute atomic E-state index is 12.0. The quantitative estimate of drug-likeness (QED) is 0.440. The molecule has 0 atom stereocenters. The third-order valence-electron chi connectivity index (χ3n) is 3.56. The van der Waals surface area contributed by atoms with E-state index >= 15 is 0 Å². The summed E-state index contributed by atoms with van der Waals surface area (Å²) in [7, 11) is -1.34. The second-order valence-corrected chi connectivity index (χ2v) is 8.22. The summed E-state index contributed by atoms with van der Waals surface area (Å²) in [6.45, 7) is 4.95. The summed E-state index contributed by atoms with van der Waals surface area (Å²) in [4.78, 5) is 6.20. The highest BCUT2D eigenvalue weighted by Crippen LogP contribution is 2.23. The summed E-state index contributed by atoms with van der Waals surface area (Å²) >= 11 is 0. The van der Waals surface area contributed by atoms with Gasteiger partial charge < -0.3 is 14.6 Å². The standard InChI is InChI=1S/C13H21N3O3S.HI/c1-13(2)10-16(6-8-20(13,17)18)12(14-3)15-9-11-5-4-7-19-11;/h4-5,7H,6,8-10H2,1-3H3,(H,14,15);1H. The topological polar surface area (TPSA) is 74.9 Å². The third-order valence-corrected chi connectivity index (χ3v) is 6.09. The van der Waals surface area contributed by atoms with Gasteiger partial charge in [-0.1, -0.05) is 0 Å². The number of nitrogens with zero attached hydrogens (tertiary/aromatic N) is 2. The number of aliphatic imine (C=N–C) groups is 1. The Morgan fingerprint density at radius 1 is 1.52 bits per heavy atom. The van der Waals surface area contributed by atoms with Crippen LogP contribution in [0.1, 0.15) is 19.6 Å². The van der Waals surface area contributed by atoms with Crippen LogP contribution in [0.25, 0.3) is 0 Å². The van der Waals surface area contributed by atoms with E-state index in [2.05, 4.69) is 10.3 Å². The second kappa shape index (κ2) is 6.99. The van der Waals surface area contributed by atoms with E-state index in [0.717, 1.165) is 5.76 Å². The minimum absolute atomic E-state index is 0. The fraction of sp³-hybridized carbons (Fsp3) is 0.615. The van der Waals surface area contributed by atoms with Gasteiger partial charge in [-0.25, -0.2) is 8.42 Å². The molecule has 1 fully saturated rings. The summed E-state index contributed by atoms with van der Waals surface area (Å²) in [5.74, 6) is 1.67. The first-order chi connectivity index (χ1) is 9.36. The van der Waals surface area contributed by atoms with E-state index in [-0.39, 0.29) is 29.7 Å². The molecule has 0 amide bonds. The van der Waals surface area contributed by atoms with E-state index in [0.29, 0.717) is 25.6 Å². The van der Waals surface area contributed by atoms with Crippen LogP contribution >= 0.6 is 24.0 Å². The van der Waals surface area contributed by atoms with Gasteiger partial charge in [0.1, 0.15) is 5.76 Å². The Labute approximate surface area is 142 Å². The Kier molecular flexibility index (Phi) is 6.09. The van der Waals surface area contributed by atoms with E-state index in [1.165, 1.54) is 0 Å². The van der Waals surface area contributed by atoms with Crippen molar-refractivity contribution in [3.05, 3.63) is 24.2 Å². The van der Waals surface area contributed by atoms with E-state index in [4.69, 9.17) is 4.42 Å².